The first kappa shape index (κ1) is 10.9. The van der Waals surface area contributed by atoms with E-state index in [1.54, 1.807) is 11.8 Å². The maximum absolute atomic E-state index is 6.19. The van der Waals surface area contributed by atoms with Gasteiger partial charge in [0.2, 0.25) is 0 Å². The predicted octanol–water partition coefficient (Wildman–Crippen LogP) is 4.67. The van der Waals surface area contributed by atoms with Crippen molar-refractivity contribution in [2.45, 2.75) is 5.75 Å². The fourth-order valence-electron chi connectivity index (χ4n) is 1.80. The molecule has 0 atom stereocenters. The molecule has 0 amide bonds. The van der Waals surface area contributed by atoms with Crippen molar-refractivity contribution in [1.29, 1.82) is 0 Å². The zero-order valence-electron chi connectivity index (χ0n) is 9.06. The number of para-hydroxylation sites is 1. The van der Waals surface area contributed by atoms with Crippen LogP contribution in [0.5, 0.6) is 0 Å². The van der Waals surface area contributed by atoms with Crippen LogP contribution in [0.3, 0.4) is 0 Å². The highest BCUT2D eigenvalue weighted by atomic mass is 35.5. The van der Waals surface area contributed by atoms with Crippen molar-refractivity contribution in [3.05, 3.63) is 64.7 Å². The van der Waals surface area contributed by atoms with Crippen molar-refractivity contribution in [3.63, 3.8) is 0 Å². The van der Waals surface area contributed by atoms with Crippen molar-refractivity contribution < 1.29 is 0 Å². The smallest absolute Gasteiger partial charge is 0.106 e. The van der Waals surface area contributed by atoms with E-state index in [4.69, 9.17) is 11.6 Å². The molecule has 0 bridgehead atoms. The number of hydrogen-bond donors (Lipinski definition) is 0. The molecule has 3 rings (SSSR count). The summed E-state index contributed by atoms with van der Waals surface area (Å²) in [4.78, 5) is 4.67. The molecule has 0 radical (unpaired) electrons. The van der Waals surface area contributed by atoms with E-state index in [1.165, 1.54) is 5.56 Å². The van der Waals surface area contributed by atoms with E-state index in [0.29, 0.717) is 0 Å². The quantitative estimate of drug-likeness (QED) is 0.725. The summed E-state index contributed by atoms with van der Waals surface area (Å²) in [5.41, 5.74) is 3.36. The van der Waals surface area contributed by atoms with Crippen LogP contribution >= 0.6 is 23.4 Å². The molecule has 0 fully saturated rings. The Morgan fingerprint density at radius 1 is 1.00 bits per heavy atom. The minimum Gasteiger partial charge on any atom is -0.241 e. The summed E-state index contributed by atoms with van der Waals surface area (Å²) >= 11 is 7.93. The van der Waals surface area contributed by atoms with Gasteiger partial charge in [0.15, 0.2) is 0 Å². The molecule has 1 aliphatic heterocycles. The number of aliphatic imine (C=N–C) groups is 1. The van der Waals surface area contributed by atoms with Gasteiger partial charge in [0.25, 0.3) is 0 Å². The average molecular weight is 260 g/mol. The lowest BCUT2D eigenvalue weighted by Crippen LogP contribution is -2.01. The van der Waals surface area contributed by atoms with E-state index < -0.39 is 0 Å². The molecule has 0 aliphatic carbocycles. The van der Waals surface area contributed by atoms with Gasteiger partial charge < -0.3 is 0 Å². The Labute approximate surface area is 110 Å². The zero-order chi connectivity index (χ0) is 11.7. The average Bonchev–Trinajstić information content (AvgIpc) is 2.39. The molecular weight excluding hydrogens is 250 g/mol. The van der Waals surface area contributed by atoms with Crippen molar-refractivity contribution in [1.82, 2.24) is 0 Å². The van der Waals surface area contributed by atoms with Crippen molar-refractivity contribution in [3.8, 4) is 0 Å². The molecule has 0 unspecified atom stereocenters. The van der Waals surface area contributed by atoms with Gasteiger partial charge in [-0.15, -0.1) is 11.8 Å². The molecule has 0 spiro atoms. The molecule has 2 aromatic rings. The second-order valence-electron chi connectivity index (χ2n) is 3.81. The Bertz CT molecular complexity index is 592. The summed E-state index contributed by atoms with van der Waals surface area (Å²) in [5.74, 6) is 0.959. The van der Waals surface area contributed by atoms with Gasteiger partial charge in [-0.25, -0.2) is 4.99 Å². The van der Waals surface area contributed by atoms with Gasteiger partial charge in [-0.3, -0.25) is 0 Å². The van der Waals surface area contributed by atoms with Gasteiger partial charge in [0, 0.05) is 11.3 Å². The van der Waals surface area contributed by atoms with Crippen LogP contribution in [0.2, 0.25) is 5.02 Å². The SMILES string of the molecule is Clc1ccccc1C1=Nc2ccccc2CS1. The lowest BCUT2D eigenvalue weighted by Gasteiger charge is -2.15. The molecule has 3 heteroatoms. The summed E-state index contributed by atoms with van der Waals surface area (Å²) in [6, 6.07) is 16.1. The van der Waals surface area contributed by atoms with E-state index >= 15 is 0 Å². The largest absolute Gasteiger partial charge is 0.241 e. The van der Waals surface area contributed by atoms with Crippen LogP contribution in [-0.2, 0) is 5.75 Å². The van der Waals surface area contributed by atoms with Crippen LogP contribution < -0.4 is 0 Å². The van der Waals surface area contributed by atoms with E-state index in [1.807, 2.05) is 36.4 Å². The number of hydrogen-bond acceptors (Lipinski definition) is 2. The maximum atomic E-state index is 6.19. The lowest BCUT2D eigenvalue weighted by molar-refractivity contribution is 1.35. The first-order chi connectivity index (χ1) is 8.34. The first-order valence-electron chi connectivity index (χ1n) is 5.39. The molecule has 1 nitrogen and oxygen atoms in total. The van der Waals surface area contributed by atoms with E-state index in [0.717, 1.165) is 27.1 Å². The van der Waals surface area contributed by atoms with Gasteiger partial charge in [-0.2, -0.15) is 0 Å². The lowest BCUT2D eigenvalue weighted by atomic mass is 10.2. The molecule has 1 aliphatic rings. The monoisotopic (exact) mass is 259 g/mol. The Kier molecular flexibility index (Phi) is 2.91. The van der Waals surface area contributed by atoms with Gasteiger partial charge in [0.05, 0.1) is 10.7 Å². The molecule has 0 saturated carbocycles. The highest BCUT2D eigenvalue weighted by Crippen LogP contribution is 2.34. The summed E-state index contributed by atoms with van der Waals surface area (Å²) in [6.45, 7) is 0. The third-order valence-electron chi connectivity index (χ3n) is 2.68. The maximum Gasteiger partial charge on any atom is 0.106 e. The van der Waals surface area contributed by atoms with E-state index in [9.17, 15) is 0 Å². The zero-order valence-corrected chi connectivity index (χ0v) is 10.6. The normalized spacial score (nSPS) is 14.1. The standard InChI is InChI=1S/C14H10ClNS/c15-12-7-3-2-6-11(12)14-16-13-8-4-1-5-10(13)9-17-14/h1-8H,9H2. The number of fused-ring (bicyclic) bond motifs is 1. The predicted molar refractivity (Wildman–Crippen MR) is 75.4 cm³/mol. The number of rotatable bonds is 1. The van der Waals surface area contributed by atoms with Gasteiger partial charge in [0.1, 0.15) is 5.04 Å². The van der Waals surface area contributed by atoms with E-state index in [2.05, 4.69) is 17.1 Å². The highest BCUT2D eigenvalue weighted by Gasteiger charge is 2.15. The van der Waals surface area contributed by atoms with Crippen molar-refractivity contribution in [2.75, 3.05) is 0 Å². The van der Waals surface area contributed by atoms with Crippen LogP contribution in [-0.4, -0.2) is 5.04 Å². The van der Waals surface area contributed by atoms with Crippen molar-refractivity contribution in [2.24, 2.45) is 4.99 Å². The van der Waals surface area contributed by atoms with Crippen molar-refractivity contribution >= 4 is 34.1 Å². The van der Waals surface area contributed by atoms with Gasteiger partial charge in [-0.05, 0) is 17.7 Å². The summed E-state index contributed by atoms with van der Waals surface area (Å²) in [6.07, 6.45) is 0. The molecule has 0 aromatic heterocycles. The molecule has 1 heterocycles. The number of nitrogens with zero attached hydrogens (tertiary/aromatic N) is 1. The molecule has 84 valence electrons. The first-order valence-corrected chi connectivity index (χ1v) is 6.75. The summed E-state index contributed by atoms with van der Waals surface area (Å²) in [7, 11) is 0. The third kappa shape index (κ3) is 2.11. The van der Waals surface area contributed by atoms with Gasteiger partial charge in [-0.1, -0.05) is 48.0 Å². The minimum absolute atomic E-state index is 0.762. The number of halogens is 1. The number of thioether (sulfide) groups is 1. The second kappa shape index (κ2) is 4.55. The molecular formula is C14H10ClNS. The van der Waals surface area contributed by atoms with Crippen LogP contribution in [0.25, 0.3) is 0 Å². The molecule has 0 saturated heterocycles. The molecule has 2 aromatic carbocycles. The number of benzene rings is 2. The minimum atomic E-state index is 0.762. The fraction of sp³-hybridized carbons (Fsp3) is 0.0714. The second-order valence-corrected chi connectivity index (χ2v) is 5.19. The third-order valence-corrected chi connectivity index (χ3v) is 4.05. The fourth-order valence-corrected chi connectivity index (χ4v) is 3.12. The Morgan fingerprint density at radius 3 is 2.65 bits per heavy atom. The summed E-state index contributed by atoms with van der Waals surface area (Å²) < 4.78 is 0. The highest BCUT2D eigenvalue weighted by molar-refractivity contribution is 8.13. The Hall–Kier alpha value is -1.25. The van der Waals surface area contributed by atoms with Gasteiger partial charge >= 0.3 is 0 Å². The molecule has 17 heavy (non-hydrogen) atoms. The van der Waals surface area contributed by atoms with Crippen LogP contribution in [0, 0.1) is 0 Å². The summed E-state index contributed by atoms with van der Waals surface area (Å²) in [5, 5.41) is 1.77. The molecule has 0 N–H and O–H groups in total. The van der Waals surface area contributed by atoms with E-state index in [-0.39, 0.29) is 0 Å². The topological polar surface area (TPSA) is 12.4 Å². The Balaban J connectivity index is 2.08. The van der Waals surface area contributed by atoms with Crippen LogP contribution in [0.1, 0.15) is 11.1 Å². The van der Waals surface area contributed by atoms with Crippen LogP contribution in [0.15, 0.2) is 53.5 Å². The Morgan fingerprint density at radius 2 is 1.76 bits per heavy atom. The van der Waals surface area contributed by atoms with Crippen LogP contribution in [0.4, 0.5) is 5.69 Å².